The molecule has 5 nitrogen and oxygen atoms in total. The standard InChI is InChI=1S/C23H31NO4/c1-11-9-24-10-16-17(25)6-12-4-5-13-15(21(27)28-3)8-23(19(12)13)20(26)14(11)7-18(24)22(16,23)2/h11,13-18,25H,4-10H2,1-3H3/t11-,13-,14+,15-,16+,17-,18-,22-,23+/m1/s1. The molecule has 2 aliphatic heterocycles. The van der Waals surface area contributed by atoms with Gasteiger partial charge in [-0.3, -0.25) is 14.5 Å². The highest BCUT2D eigenvalue weighted by molar-refractivity contribution is 5.95. The lowest BCUT2D eigenvalue weighted by atomic mass is 9.45. The molecule has 0 aromatic rings. The van der Waals surface area contributed by atoms with Crippen LogP contribution in [0.3, 0.4) is 0 Å². The molecule has 2 heterocycles. The van der Waals surface area contributed by atoms with Crippen LogP contribution in [0.2, 0.25) is 0 Å². The van der Waals surface area contributed by atoms with E-state index in [0.29, 0.717) is 30.6 Å². The lowest BCUT2D eigenvalue weighted by molar-refractivity contribution is -0.161. The van der Waals surface area contributed by atoms with Gasteiger partial charge in [-0.25, -0.2) is 0 Å². The number of nitrogens with zero attached hydrogens (tertiary/aromatic N) is 1. The maximum absolute atomic E-state index is 14.3. The Bertz CT molecular complexity index is 819. The second-order valence-electron chi connectivity index (χ2n) is 10.7. The van der Waals surface area contributed by atoms with Crippen molar-refractivity contribution in [3.8, 4) is 0 Å². The Hall–Kier alpha value is -1.20. The number of rotatable bonds is 1. The van der Waals surface area contributed by atoms with Crippen molar-refractivity contribution in [3.63, 3.8) is 0 Å². The van der Waals surface area contributed by atoms with Gasteiger partial charge in [0.2, 0.25) is 0 Å². The highest BCUT2D eigenvalue weighted by atomic mass is 16.5. The average molecular weight is 386 g/mol. The van der Waals surface area contributed by atoms with Crippen LogP contribution >= 0.6 is 0 Å². The summed E-state index contributed by atoms with van der Waals surface area (Å²) < 4.78 is 5.21. The fraction of sp³-hybridized carbons (Fsp3) is 0.826. The molecule has 2 bridgehead atoms. The number of esters is 1. The minimum atomic E-state index is -0.568. The fourth-order valence-corrected chi connectivity index (χ4v) is 9.05. The fourth-order valence-electron chi connectivity index (χ4n) is 9.05. The Morgan fingerprint density at radius 1 is 1.29 bits per heavy atom. The van der Waals surface area contributed by atoms with Gasteiger partial charge < -0.3 is 9.84 Å². The zero-order valence-corrected chi connectivity index (χ0v) is 17.1. The highest BCUT2D eigenvalue weighted by Crippen LogP contribution is 2.74. The molecule has 6 aliphatic rings. The van der Waals surface area contributed by atoms with Gasteiger partial charge in [0.25, 0.3) is 0 Å². The van der Waals surface area contributed by atoms with Crippen LogP contribution in [0.4, 0.5) is 0 Å². The van der Waals surface area contributed by atoms with Gasteiger partial charge in [-0.1, -0.05) is 25.0 Å². The first-order chi connectivity index (χ1) is 13.3. The summed E-state index contributed by atoms with van der Waals surface area (Å²) in [5, 5.41) is 11.3. The first kappa shape index (κ1) is 17.6. The summed E-state index contributed by atoms with van der Waals surface area (Å²) in [5.74, 6) is 0.736. The van der Waals surface area contributed by atoms with Gasteiger partial charge in [0.15, 0.2) is 0 Å². The Labute approximate surface area is 166 Å². The van der Waals surface area contributed by atoms with E-state index in [9.17, 15) is 14.7 Å². The maximum Gasteiger partial charge on any atom is 0.309 e. The number of piperidine rings is 1. The molecule has 28 heavy (non-hydrogen) atoms. The predicted octanol–water partition coefficient (Wildman–Crippen LogP) is 2.18. The van der Waals surface area contributed by atoms with Crippen LogP contribution in [-0.4, -0.2) is 54.1 Å². The van der Waals surface area contributed by atoms with Crippen LogP contribution in [0.1, 0.15) is 46.0 Å². The van der Waals surface area contributed by atoms with E-state index in [1.165, 1.54) is 18.3 Å². The number of hydrogen-bond acceptors (Lipinski definition) is 5. The molecule has 1 spiro atoms. The molecule has 1 N–H and O–H groups in total. The van der Waals surface area contributed by atoms with E-state index in [0.717, 1.165) is 32.4 Å². The van der Waals surface area contributed by atoms with E-state index < -0.39 is 5.41 Å². The van der Waals surface area contributed by atoms with Crippen molar-refractivity contribution < 1.29 is 19.4 Å². The molecule has 152 valence electrons. The van der Waals surface area contributed by atoms with Crippen molar-refractivity contribution in [2.24, 2.45) is 40.4 Å². The highest BCUT2D eigenvalue weighted by Gasteiger charge is 2.77. The van der Waals surface area contributed by atoms with Crippen molar-refractivity contribution in [1.82, 2.24) is 4.90 Å². The number of ether oxygens (including phenoxy) is 1. The molecule has 0 amide bonds. The van der Waals surface area contributed by atoms with Crippen molar-refractivity contribution in [2.45, 2.75) is 58.1 Å². The van der Waals surface area contributed by atoms with E-state index in [2.05, 4.69) is 18.7 Å². The number of methoxy groups -OCH3 is 1. The van der Waals surface area contributed by atoms with Gasteiger partial charge in [0.1, 0.15) is 5.78 Å². The summed E-state index contributed by atoms with van der Waals surface area (Å²) in [6, 6.07) is 0.343. The minimum absolute atomic E-state index is 0.0923. The minimum Gasteiger partial charge on any atom is -0.469 e. The monoisotopic (exact) mass is 385 g/mol. The number of fused-ring (bicyclic) bond motifs is 1. The molecule has 5 heteroatoms. The SMILES string of the molecule is COC(=O)[C@@H]1C[C@@]23C(=O)[C@H]4C[C@H]5N(C[C@H]4C)C[C@@H]([C@H](O)CC4=C2[C@@H]1CC4)[C@]53C. The molecule has 0 aromatic heterocycles. The lowest BCUT2D eigenvalue weighted by Gasteiger charge is -2.59. The first-order valence-electron chi connectivity index (χ1n) is 11.1. The van der Waals surface area contributed by atoms with Crippen LogP contribution in [-0.2, 0) is 14.3 Å². The van der Waals surface area contributed by atoms with Crippen molar-refractivity contribution in [1.29, 1.82) is 0 Å². The molecule has 4 fully saturated rings. The molecule has 6 rings (SSSR count). The van der Waals surface area contributed by atoms with Crippen LogP contribution in [0, 0.1) is 40.4 Å². The second kappa shape index (κ2) is 5.28. The predicted molar refractivity (Wildman–Crippen MR) is 102 cm³/mol. The number of carbonyl (C=O) groups is 2. The Balaban J connectivity index is 1.63. The van der Waals surface area contributed by atoms with Gasteiger partial charge in [-0.2, -0.15) is 0 Å². The van der Waals surface area contributed by atoms with Gasteiger partial charge >= 0.3 is 5.97 Å². The summed E-state index contributed by atoms with van der Waals surface area (Å²) in [5.41, 5.74) is 1.74. The van der Waals surface area contributed by atoms with E-state index in [1.54, 1.807) is 0 Å². The molecule has 0 aromatic carbocycles. The first-order valence-corrected chi connectivity index (χ1v) is 11.1. The van der Waals surface area contributed by atoms with Crippen LogP contribution in [0.25, 0.3) is 0 Å². The van der Waals surface area contributed by atoms with Crippen molar-refractivity contribution in [3.05, 3.63) is 11.1 Å². The lowest BCUT2D eigenvalue weighted by Crippen LogP contribution is -2.65. The van der Waals surface area contributed by atoms with E-state index in [4.69, 9.17) is 4.74 Å². The van der Waals surface area contributed by atoms with Gasteiger partial charge in [0.05, 0.1) is 24.5 Å². The second-order valence-corrected chi connectivity index (χ2v) is 10.7. The van der Waals surface area contributed by atoms with Crippen LogP contribution < -0.4 is 0 Å². The van der Waals surface area contributed by atoms with E-state index in [-0.39, 0.29) is 41.2 Å². The average Bonchev–Trinajstić information content (AvgIpc) is 3.30. The van der Waals surface area contributed by atoms with Gasteiger partial charge in [-0.05, 0) is 43.9 Å². The molecule has 0 unspecified atom stereocenters. The maximum atomic E-state index is 14.3. The largest absolute Gasteiger partial charge is 0.469 e. The molecule has 4 aliphatic carbocycles. The quantitative estimate of drug-likeness (QED) is 0.554. The third kappa shape index (κ3) is 1.67. The van der Waals surface area contributed by atoms with Gasteiger partial charge in [0, 0.05) is 36.4 Å². The summed E-state index contributed by atoms with van der Waals surface area (Å²) in [7, 11) is 1.48. The molecule has 2 saturated carbocycles. The summed E-state index contributed by atoms with van der Waals surface area (Å²) in [6.07, 6.45) is 3.71. The smallest absolute Gasteiger partial charge is 0.309 e. The summed E-state index contributed by atoms with van der Waals surface area (Å²) in [4.78, 5) is 29.6. The Morgan fingerprint density at radius 3 is 2.82 bits per heavy atom. The van der Waals surface area contributed by atoms with E-state index in [1.807, 2.05) is 0 Å². The van der Waals surface area contributed by atoms with Crippen molar-refractivity contribution >= 4 is 11.8 Å². The molecule has 0 radical (unpaired) electrons. The third-order valence-electron chi connectivity index (χ3n) is 10.1. The number of aliphatic hydroxyl groups excluding tert-OH is 1. The number of hydrogen-bond donors (Lipinski definition) is 1. The normalized spacial score (nSPS) is 54.0. The van der Waals surface area contributed by atoms with Crippen LogP contribution in [0.5, 0.6) is 0 Å². The zero-order chi connectivity index (χ0) is 19.6. The molecular weight excluding hydrogens is 354 g/mol. The molecular formula is C23H31NO4. The Kier molecular flexibility index (Phi) is 3.33. The number of carbonyl (C=O) groups excluding carboxylic acids is 2. The van der Waals surface area contributed by atoms with Gasteiger partial charge in [-0.15, -0.1) is 0 Å². The topological polar surface area (TPSA) is 66.8 Å². The molecule has 2 saturated heterocycles. The third-order valence-corrected chi connectivity index (χ3v) is 10.1. The van der Waals surface area contributed by atoms with E-state index >= 15 is 0 Å². The number of ketones is 1. The Morgan fingerprint density at radius 2 is 2.07 bits per heavy atom. The van der Waals surface area contributed by atoms with Crippen LogP contribution in [0.15, 0.2) is 11.1 Å². The number of Topliss-reactive ketones (excluding diaryl/α,β-unsaturated/α-hetero) is 1. The summed E-state index contributed by atoms with van der Waals surface area (Å²) >= 11 is 0. The number of allylic oxidation sites excluding steroid dienone is 1. The number of aliphatic hydroxyl groups is 1. The zero-order valence-electron chi connectivity index (χ0n) is 17.1. The molecule has 9 atom stereocenters. The van der Waals surface area contributed by atoms with Crippen molar-refractivity contribution in [2.75, 3.05) is 20.2 Å². The summed E-state index contributed by atoms with van der Waals surface area (Å²) in [6.45, 7) is 6.37.